The zero-order valence-electron chi connectivity index (χ0n) is 12.3. The lowest BCUT2D eigenvalue weighted by molar-refractivity contribution is -0.143. The van der Waals surface area contributed by atoms with Crippen molar-refractivity contribution in [2.75, 3.05) is 5.32 Å². The molecule has 1 aromatic rings. The van der Waals surface area contributed by atoms with E-state index in [1.807, 2.05) is 5.32 Å². The number of carboxylic acids is 1. The van der Waals surface area contributed by atoms with Crippen LogP contribution in [-0.2, 0) is 24.5 Å². The number of nitrogens with zero attached hydrogens (tertiary/aromatic N) is 1. The van der Waals surface area contributed by atoms with Crippen molar-refractivity contribution >= 4 is 62.1 Å². The van der Waals surface area contributed by atoms with E-state index in [9.17, 15) is 32.1 Å². The van der Waals surface area contributed by atoms with E-state index in [0.717, 1.165) is 28.7 Å². The normalized spacial score (nSPS) is 17.3. The number of carbonyl (C=O) groups excluding carboxylic acids is 3. The van der Waals surface area contributed by atoms with Crippen LogP contribution in [0.2, 0.25) is 0 Å². The zero-order valence-corrected chi connectivity index (χ0v) is 15.3. The molecule has 0 spiro atoms. The van der Waals surface area contributed by atoms with Crippen molar-refractivity contribution in [2.24, 2.45) is 0 Å². The van der Waals surface area contributed by atoms with E-state index in [1.165, 1.54) is 18.2 Å². The molecule has 12 heteroatoms. The second-order valence-electron chi connectivity index (χ2n) is 4.96. The molecule has 0 aromatic heterocycles. The van der Waals surface area contributed by atoms with Gasteiger partial charge in [-0.1, -0.05) is 12.1 Å². The quantitative estimate of drug-likeness (QED) is 0.180. The summed E-state index contributed by atoms with van der Waals surface area (Å²) in [6, 6.07) is 5.12. The maximum absolute atomic E-state index is 12.5. The maximum Gasteiger partial charge on any atom is 0.337 e. The Bertz CT molecular complexity index is 868. The first kappa shape index (κ1) is 19.3. The minimum atomic E-state index is -5.25. The van der Waals surface area contributed by atoms with Crippen molar-refractivity contribution in [3.8, 4) is 0 Å². The molecule has 0 bridgehead atoms. The molecular formula is C13H11IN2O8S. The molecule has 1 saturated heterocycles. The summed E-state index contributed by atoms with van der Waals surface area (Å²) in [5.74, 6) is -4.74. The highest BCUT2D eigenvalue weighted by Crippen LogP contribution is 2.36. The van der Waals surface area contributed by atoms with Crippen LogP contribution in [0.15, 0.2) is 24.3 Å². The number of rotatable bonds is 5. The molecule has 10 nitrogen and oxygen atoms in total. The van der Waals surface area contributed by atoms with E-state index in [2.05, 4.69) is 0 Å². The van der Waals surface area contributed by atoms with Crippen LogP contribution in [0.25, 0.3) is 0 Å². The number of carboxylic acid groups (broad SMARTS) is 1. The number of carbonyl (C=O) groups is 4. The molecule has 1 heterocycles. The summed E-state index contributed by atoms with van der Waals surface area (Å²) >= 11 is 0.983. The van der Waals surface area contributed by atoms with Gasteiger partial charge in [0.15, 0.2) is 0 Å². The first-order valence-corrected chi connectivity index (χ1v) is 9.17. The Morgan fingerprint density at radius 2 is 1.68 bits per heavy atom. The van der Waals surface area contributed by atoms with Gasteiger partial charge in [-0.3, -0.25) is 18.9 Å². The van der Waals surface area contributed by atoms with Gasteiger partial charge < -0.3 is 10.4 Å². The zero-order chi connectivity index (χ0) is 19.0. The number of hydrogen-bond acceptors (Lipinski definition) is 6. The van der Waals surface area contributed by atoms with E-state index >= 15 is 0 Å². The van der Waals surface area contributed by atoms with E-state index in [4.69, 9.17) is 5.11 Å². The lowest BCUT2D eigenvalue weighted by Gasteiger charge is -2.31. The van der Waals surface area contributed by atoms with Crippen molar-refractivity contribution in [2.45, 2.75) is 15.7 Å². The number of hydrogen-bond donors (Lipinski definition) is 3. The van der Waals surface area contributed by atoms with Crippen LogP contribution in [0.1, 0.15) is 23.2 Å². The number of imide groups is 1. The summed E-state index contributed by atoms with van der Waals surface area (Å²) in [4.78, 5) is 47.6. The van der Waals surface area contributed by atoms with Gasteiger partial charge in [0.2, 0.25) is 11.8 Å². The summed E-state index contributed by atoms with van der Waals surface area (Å²) in [6.07, 6.45) is -0.615. The van der Waals surface area contributed by atoms with Crippen LogP contribution in [0, 0.1) is 0 Å². The van der Waals surface area contributed by atoms with E-state index < -0.39 is 36.7 Å². The number of anilines is 1. The molecule has 25 heavy (non-hydrogen) atoms. The smallest absolute Gasteiger partial charge is 0.337 e. The van der Waals surface area contributed by atoms with Gasteiger partial charge in [-0.25, -0.2) is 9.69 Å². The minimum Gasteiger partial charge on any atom is -0.478 e. The third-order valence-corrected chi connectivity index (χ3v) is 7.06. The number of aromatic carboxylic acids is 1. The van der Waals surface area contributed by atoms with Crippen LogP contribution in [0.3, 0.4) is 0 Å². The number of halogens is 1. The maximum atomic E-state index is 12.5. The highest BCUT2D eigenvalue weighted by Gasteiger charge is 2.59. The number of alkyl halides is 1. The van der Waals surface area contributed by atoms with Gasteiger partial charge in [0.05, 0.1) is 11.3 Å². The Morgan fingerprint density at radius 1 is 1.16 bits per heavy atom. The lowest BCUT2D eigenvalue weighted by Crippen LogP contribution is -2.59. The standard InChI is InChI=1S/C13H11IN2O8S/c14-13(25(22,23)24,16-9(17)5-6-10(16)18)12(21)15-8-4-2-1-3-7(8)11(19)20/h1-4H,5-6H2,(H,15,21)(H,19,20)(H,22,23,24). The molecule has 1 aromatic carbocycles. The molecule has 3 N–H and O–H groups in total. The third-order valence-electron chi connectivity index (χ3n) is 3.37. The first-order valence-electron chi connectivity index (χ1n) is 6.65. The van der Waals surface area contributed by atoms with Gasteiger partial charge in [-0.15, -0.1) is 0 Å². The topological polar surface area (TPSA) is 158 Å². The van der Waals surface area contributed by atoms with E-state index in [1.54, 1.807) is 0 Å². The molecule has 1 aliphatic heterocycles. The van der Waals surface area contributed by atoms with Gasteiger partial charge in [-0.2, -0.15) is 8.42 Å². The van der Waals surface area contributed by atoms with Crippen LogP contribution >= 0.6 is 22.6 Å². The SMILES string of the molecule is O=C(O)c1ccccc1NC(=O)C(I)(N1C(=O)CCC1=O)S(=O)(=O)O. The second-order valence-corrected chi connectivity index (χ2v) is 8.80. The van der Waals surface area contributed by atoms with Crippen LogP contribution in [-0.4, -0.2) is 49.5 Å². The first-order chi connectivity index (χ1) is 11.5. The number of benzene rings is 1. The van der Waals surface area contributed by atoms with Crippen LogP contribution in [0.5, 0.6) is 0 Å². The summed E-state index contributed by atoms with van der Waals surface area (Å²) in [6.45, 7) is 0. The van der Waals surface area contributed by atoms with Crippen molar-refractivity contribution in [3.05, 3.63) is 29.8 Å². The fourth-order valence-electron chi connectivity index (χ4n) is 2.21. The molecule has 3 amide bonds. The summed E-state index contributed by atoms with van der Waals surface area (Å²) in [7, 11) is -5.25. The van der Waals surface area contributed by atoms with Gasteiger partial charge in [-0.05, 0) is 34.7 Å². The van der Waals surface area contributed by atoms with Crippen LogP contribution in [0.4, 0.5) is 5.69 Å². The molecule has 2 rings (SSSR count). The summed E-state index contributed by atoms with van der Waals surface area (Å²) in [5.41, 5.74) is -0.604. The molecule has 134 valence electrons. The minimum absolute atomic E-state index is 0.168. The van der Waals surface area contributed by atoms with Gasteiger partial charge in [0.1, 0.15) is 0 Å². The monoisotopic (exact) mass is 482 g/mol. The number of nitrogens with one attached hydrogen (secondary N) is 1. The lowest BCUT2D eigenvalue weighted by atomic mass is 10.2. The molecule has 1 fully saturated rings. The van der Waals surface area contributed by atoms with Crippen molar-refractivity contribution in [1.82, 2.24) is 4.90 Å². The summed E-state index contributed by atoms with van der Waals surface area (Å²) in [5, 5.41) is 11.1. The molecular weight excluding hydrogens is 471 g/mol. The Hall–Kier alpha value is -2.06. The Morgan fingerprint density at radius 3 is 2.16 bits per heavy atom. The van der Waals surface area contributed by atoms with E-state index in [-0.39, 0.29) is 29.0 Å². The highest BCUT2D eigenvalue weighted by atomic mass is 127. The Labute approximate surface area is 155 Å². The summed E-state index contributed by atoms with van der Waals surface area (Å²) < 4.78 is 30.2. The number of likely N-dealkylation sites (tertiary alicyclic amines) is 1. The van der Waals surface area contributed by atoms with Crippen molar-refractivity contribution in [3.63, 3.8) is 0 Å². The molecule has 0 aliphatic carbocycles. The third kappa shape index (κ3) is 3.36. The molecule has 0 radical (unpaired) electrons. The Kier molecular flexibility index (Phi) is 5.15. The van der Waals surface area contributed by atoms with Gasteiger partial charge >= 0.3 is 19.0 Å². The van der Waals surface area contributed by atoms with E-state index in [0.29, 0.717) is 0 Å². The fourth-order valence-corrected chi connectivity index (χ4v) is 3.60. The molecule has 1 atom stereocenters. The van der Waals surface area contributed by atoms with Gasteiger partial charge in [0.25, 0.3) is 5.91 Å². The number of para-hydroxylation sites is 1. The molecule has 1 aliphatic rings. The predicted molar refractivity (Wildman–Crippen MR) is 91.4 cm³/mol. The second kappa shape index (κ2) is 6.68. The largest absolute Gasteiger partial charge is 0.478 e. The molecule has 1 unspecified atom stereocenters. The van der Waals surface area contributed by atoms with Gasteiger partial charge in [0, 0.05) is 12.8 Å². The molecule has 0 saturated carbocycles. The average molecular weight is 482 g/mol. The Balaban J connectivity index is 2.51. The fraction of sp³-hybridized carbons (Fsp3) is 0.231. The number of amides is 3. The van der Waals surface area contributed by atoms with Crippen molar-refractivity contribution < 1.29 is 37.3 Å². The predicted octanol–water partition coefficient (Wildman–Crippen LogP) is 0.449. The van der Waals surface area contributed by atoms with Crippen molar-refractivity contribution in [1.29, 1.82) is 0 Å². The van der Waals surface area contributed by atoms with Crippen LogP contribution < -0.4 is 5.32 Å². The average Bonchev–Trinajstić information content (AvgIpc) is 2.85. The highest BCUT2D eigenvalue weighted by molar-refractivity contribution is 14.1.